The minimum Gasteiger partial charge on any atom is -0.313 e. The zero-order valence-corrected chi connectivity index (χ0v) is 10.5. The molecule has 0 aromatic rings. The Labute approximate surface area is 90.0 Å². The quantitative estimate of drug-likeness (QED) is 0.402. The maximum Gasteiger partial charge on any atom is 0.319 e. The van der Waals surface area contributed by atoms with Gasteiger partial charge >= 0.3 is 9.15 Å². The third-order valence-electron chi connectivity index (χ3n) is 1.65. The molecular formula is C8H19NO3S2. The topological polar surface area (TPSA) is 66.4 Å². The molecule has 1 unspecified atom stereocenters. The molecule has 2 N–H and O–H groups in total. The minimum absolute atomic E-state index is 0.376. The van der Waals surface area contributed by atoms with Crippen LogP contribution in [0.4, 0.5) is 0 Å². The first-order chi connectivity index (χ1) is 6.31. The molecule has 0 aromatic carbocycles. The van der Waals surface area contributed by atoms with E-state index < -0.39 is 9.15 Å². The van der Waals surface area contributed by atoms with Crippen molar-refractivity contribution in [3.8, 4) is 0 Å². The largest absolute Gasteiger partial charge is 0.319 e. The summed E-state index contributed by atoms with van der Waals surface area (Å²) in [5, 5.41) is 3.19. The molecule has 0 spiro atoms. The molecule has 0 saturated carbocycles. The van der Waals surface area contributed by atoms with Crippen LogP contribution < -0.4 is 5.32 Å². The number of rotatable bonds is 7. The summed E-state index contributed by atoms with van der Waals surface area (Å²) in [6.45, 7) is 6.95. The smallest absolute Gasteiger partial charge is 0.313 e. The van der Waals surface area contributed by atoms with Crippen molar-refractivity contribution < 1.29 is 13.0 Å². The molecule has 0 rings (SSSR count). The van der Waals surface area contributed by atoms with Crippen molar-refractivity contribution in [2.24, 2.45) is 5.92 Å². The van der Waals surface area contributed by atoms with Gasteiger partial charge in [0.15, 0.2) is 0 Å². The molecule has 4 nitrogen and oxygen atoms in total. The Kier molecular flexibility index (Phi) is 6.76. The lowest BCUT2D eigenvalue weighted by Gasteiger charge is -2.15. The molecule has 0 aromatic heterocycles. The average molecular weight is 241 g/mol. The van der Waals surface area contributed by atoms with Crippen LogP contribution in [0.3, 0.4) is 0 Å². The lowest BCUT2D eigenvalue weighted by molar-refractivity contribution is 0.452. The molecule has 0 aliphatic carbocycles. The van der Waals surface area contributed by atoms with Gasteiger partial charge in [-0.1, -0.05) is 13.8 Å². The predicted octanol–water partition coefficient (Wildman–Crippen LogP) is 1.55. The van der Waals surface area contributed by atoms with Gasteiger partial charge in [0.25, 0.3) is 0 Å². The van der Waals surface area contributed by atoms with Crippen LogP contribution in [0.15, 0.2) is 0 Å². The molecule has 0 bridgehead atoms. The van der Waals surface area contributed by atoms with Crippen LogP contribution in [-0.2, 0) is 9.15 Å². The molecule has 0 fully saturated rings. The average Bonchev–Trinajstić information content (AvgIpc) is 1.95. The van der Waals surface area contributed by atoms with Crippen molar-refractivity contribution >= 4 is 19.9 Å². The van der Waals surface area contributed by atoms with E-state index in [1.165, 1.54) is 0 Å². The Morgan fingerprint density at radius 2 is 1.93 bits per heavy atom. The van der Waals surface area contributed by atoms with Crippen LogP contribution in [0.25, 0.3) is 0 Å². The lowest BCUT2D eigenvalue weighted by atomic mass is 10.1. The molecule has 86 valence electrons. The summed E-state index contributed by atoms with van der Waals surface area (Å²) in [6.07, 6.45) is 1.07. The van der Waals surface area contributed by atoms with Crippen molar-refractivity contribution in [1.82, 2.24) is 5.32 Å². The highest BCUT2D eigenvalue weighted by Gasteiger charge is 2.06. The molecule has 0 heterocycles. The summed E-state index contributed by atoms with van der Waals surface area (Å²) < 4.78 is 29.1. The third-order valence-corrected chi connectivity index (χ3v) is 3.71. The Balaban J connectivity index is 3.45. The van der Waals surface area contributed by atoms with Crippen molar-refractivity contribution in [2.75, 3.05) is 12.3 Å². The second kappa shape index (κ2) is 6.66. The maximum atomic E-state index is 10.3. The molecule has 6 heteroatoms. The van der Waals surface area contributed by atoms with E-state index in [0.29, 0.717) is 35.1 Å². The molecule has 0 amide bonds. The molecule has 14 heavy (non-hydrogen) atoms. The highest BCUT2D eigenvalue weighted by Crippen LogP contribution is 2.08. The van der Waals surface area contributed by atoms with Crippen LogP contribution in [0, 0.1) is 5.92 Å². The van der Waals surface area contributed by atoms with E-state index >= 15 is 0 Å². The van der Waals surface area contributed by atoms with Crippen LogP contribution in [0.2, 0.25) is 0 Å². The standard InChI is InChI=1S/C8H19NO3S2/c1-7(2)6-8(3)9-4-5-13-14(10,11)12/h7-9H,4-6H2,1-3H3,(H,10,11,12). The SMILES string of the molecule is CC(C)CC(C)NCCSS(=O)(=O)O. The number of hydrogen-bond donors (Lipinski definition) is 2. The van der Waals surface area contributed by atoms with Gasteiger partial charge in [-0.05, 0) is 30.1 Å². The number of nitrogens with one attached hydrogen (secondary N) is 1. The van der Waals surface area contributed by atoms with E-state index in [2.05, 4.69) is 26.1 Å². The molecule has 0 aliphatic heterocycles. The van der Waals surface area contributed by atoms with Gasteiger partial charge in [-0.15, -0.1) is 0 Å². The van der Waals surface area contributed by atoms with Crippen LogP contribution in [0.1, 0.15) is 27.2 Å². The zero-order chi connectivity index (χ0) is 11.2. The highest BCUT2D eigenvalue weighted by atomic mass is 33.1. The van der Waals surface area contributed by atoms with Gasteiger partial charge in [-0.2, -0.15) is 8.42 Å². The molecule has 1 atom stereocenters. The third kappa shape index (κ3) is 10.3. The second-order valence-electron chi connectivity index (χ2n) is 3.73. The van der Waals surface area contributed by atoms with Gasteiger partial charge in [0.2, 0.25) is 0 Å². The van der Waals surface area contributed by atoms with E-state index in [9.17, 15) is 8.42 Å². The van der Waals surface area contributed by atoms with Crippen LogP contribution in [-0.4, -0.2) is 31.3 Å². The van der Waals surface area contributed by atoms with Crippen LogP contribution in [0.5, 0.6) is 0 Å². The summed E-state index contributed by atoms with van der Waals surface area (Å²) >= 11 is 0. The zero-order valence-electron chi connectivity index (χ0n) is 8.86. The first-order valence-electron chi connectivity index (χ1n) is 4.66. The monoisotopic (exact) mass is 241 g/mol. The van der Waals surface area contributed by atoms with Gasteiger partial charge < -0.3 is 5.32 Å². The van der Waals surface area contributed by atoms with Crippen molar-refractivity contribution in [3.05, 3.63) is 0 Å². The number of hydrogen-bond acceptors (Lipinski definition) is 4. The first kappa shape index (κ1) is 14.2. The van der Waals surface area contributed by atoms with Crippen LogP contribution >= 0.6 is 10.8 Å². The summed E-state index contributed by atoms with van der Waals surface area (Å²) in [6, 6.07) is 0.386. The van der Waals surface area contributed by atoms with Gasteiger partial charge in [-0.25, -0.2) is 0 Å². The van der Waals surface area contributed by atoms with E-state index in [1.807, 2.05) is 0 Å². The fourth-order valence-corrected chi connectivity index (χ4v) is 2.54. The Morgan fingerprint density at radius 3 is 2.36 bits per heavy atom. The summed E-state index contributed by atoms with van der Waals surface area (Å²) in [5.74, 6) is 1.01. The van der Waals surface area contributed by atoms with Gasteiger partial charge in [0.1, 0.15) is 0 Å². The Hall–Kier alpha value is 0.220. The first-order valence-corrected chi connectivity index (χ1v) is 7.60. The highest BCUT2D eigenvalue weighted by molar-refractivity contribution is 8.69. The minimum atomic E-state index is -3.87. The summed E-state index contributed by atoms with van der Waals surface area (Å²) in [7, 11) is -3.31. The van der Waals surface area contributed by atoms with E-state index in [-0.39, 0.29) is 0 Å². The molecule has 0 saturated heterocycles. The van der Waals surface area contributed by atoms with Crippen molar-refractivity contribution in [3.63, 3.8) is 0 Å². The second-order valence-corrected chi connectivity index (χ2v) is 7.20. The predicted molar refractivity (Wildman–Crippen MR) is 60.9 cm³/mol. The lowest BCUT2D eigenvalue weighted by Crippen LogP contribution is -2.29. The summed E-state index contributed by atoms with van der Waals surface area (Å²) in [4.78, 5) is 0. The maximum absolute atomic E-state index is 10.3. The fraction of sp³-hybridized carbons (Fsp3) is 1.00. The van der Waals surface area contributed by atoms with E-state index in [0.717, 1.165) is 6.42 Å². The van der Waals surface area contributed by atoms with E-state index in [4.69, 9.17) is 4.55 Å². The molecule has 0 aliphatic rings. The van der Waals surface area contributed by atoms with Gasteiger partial charge in [-0.3, -0.25) is 4.55 Å². The Bertz CT molecular complexity index is 239. The Morgan fingerprint density at radius 1 is 1.36 bits per heavy atom. The summed E-state index contributed by atoms with van der Waals surface area (Å²) in [5.41, 5.74) is 0. The normalized spacial score (nSPS) is 14.6. The fourth-order valence-electron chi connectivity index (χ4n) is 1.24. The van der Waals surface area contributed by atoms with Gasteiger partial charge in [0.05, 0.1) is 0 Å². The van der Waals surface area contributed by atoms with E-state index in [1.54, 1.807) is 0 Å². The molecule has 0 radical (unpaired) electrons. The van der Waals surface area contributed by atoms with Crippen molar-refractivity contribution in [1.29, 1.82) is 0 Å². The van der Waals surface area contributed by atoms with Gasteiger partial charge in [0, 0.05) is 18.3 Å². The molecular weight excluding hydrogens is 222 g/mol. The van der Waals surface area contributed by atoms with Crippen molar-refractivity contribution in [2.45, 2.75) is 33.2 Å².